The third-order valence-electron chi connectivity index (χ3n) is 4.37. The molecule has 5 nitrogen and oxygen atoms in total. The lowest BCUT2D eigenvalue weighted by Crippen LogP contribution is -2.40. The molecule has 2 aromatic carbocycles. The van der Waals surface area contributed by atoms with Crippen molar-refractivity contribution in [3.05, 3.63) is 65.2 Å². The first kappa shape index (κ1) is 18.3. The first-order valence-electron chi connectivity index (χ1n) is 9.17. The lowest BCUT2D eigenvalue weighted by molar-refractivity contribution is 0.121. The van der Waals surface area contributed by atoms with Crippen LogP contribution >= 0.6 is 0 Å². The van der Waals surface area contributed by atoms with Gasteiger partial charge in [-0.25, -0.2) is 4.79 Å². The molecule has 0 aromatic heterocycles. The Hall–Kier alpha value is -2.53. The summed E-state index contributed by atoms with van der Waals surface area (Å²) in [6.07, 6.45) is 1.82. The van der Waals surface area contributed by atoms with Crippen LogP contribution in [-0.2, 0) is 24.3 Å². The summed E-state index contributed by atoms with van der Waals surface area (Å²) in [5.41, 5.74) is 3.37. The Bertz CT molecular complexity index is 708. The van der Waals surface area contributed by atoms with Crippen molar-refractivity contribution in [2.24, 2.45) is 0 Å². The first-order chi connectivity index (χ1) is 12.8. The van der Waals surface area contributed by atoms with E-state index in [-0.39, 0.29) is 12.1 Å². The Morgan fingerprint density at radius 3 is 2.69 bits per heavy atom. The van der Waals surface area contributed by atoms with Gasteiger partial charge >= 0.3 is 6.03 Å². The first-order valence-corrected chi connectivity index (χ1v) is 9.17. The van der Waals surface area contributed by atoms with Gasteiger partial charge in [0.1, 0.15) is 11.9 Å². The monoisotopic (exact) mass is 354 g/mol. The molecule has 0 fully saturated rings. The molecule has 2 aromatic rings. The van der Waals surface area contributed by atoms with E-state index >= 15 is 0 Å². The van der Waals surface area contributed by atoms with Gasteiger partial charge < -0.3 is 20.1 Å². The predicted molar refractivity (Wildman–Crippen MR) is 101 cm³/mol. The fraction of sp³-hybridized carbons (Fsp3) is 0.381. The second-order valence-corrected chi connectivity index (χ2v) is 6.44. The average molecular weight is 354 g/mol. The third kappa shape index (κ3) is 4.99. The highest BCUT2D eigenvalue weighted by Crippen LogP contribution is 2.27. The molecule has 138 valence electrons. The Morgan fingerprint density at radius 2 is 1.88 bits per heavy atom. The summed E-state index contributed by atoms with van der Waals surface area (Å²) in [6, 6.07) is 15.8. The number of para-hydroxylation sites is 1. The van der Waals surface area contributed by atoms with Crippen molar-refractivity contribution in [3.8, 4) is 5.75 Å². The van der Waals surface area contributed by atoms with Gasteiger partial charge in [-0.2, -0.15) is 0 Å². The van der Waals surface area contributed by atoms with Crippen LogP contribution in [0.15, 0.2) is 48.5 Å². The molecule has 5 heteroatoms. The fourth-order valence-electron chi connectivity index (χ4n) is 3.01. The van der Waals surface area contributed by atoms with Crippen molar-refractivity contribution in [2.75, 3.05) is 13.2 Å². The maximum Gasteiger partial charge on any atom is 0.315 e. The molecular weight excluding hydrogens is 328 g/mol. The predicted octanol–water partition coefficient (Wildman–Crippen LogP) is 3.42. The number of fused-ring (bicyclic) bond motifs is 1. The van der Waals surface area contributed by atoms with Crippen LogP contribution in [0.5, 0.6) is 5.75 Å². The lowest BCUT2D eigenvalue weighted by Gasteiger charge is -2.14. The van der Waals surface area contributed by atoms with Crippen LogP contribution in [0.3, 0.4) is 0 Å². The van der Waals surface area contributed by atoms with Gasteiger partial charge in [-0.3, -0.25) is 0 Å². The summed E-state index contributed by atoms with van der Waals surface area (Å²) in [5, 5.41) is 5.81. The molecule has 1 atom stereocenters. The third-order valence-corrected chi connectivity index (χ3v) is 4.37. The topological polar surface area (TPSA) is 59.6 Å². The largest absolute Gasteiger partial charge is 0.488 e. The smallest absolute Gasteiger partial charge is 0.315 e. The van der Waals surface area contributed by atoms with E-state index in [1.165, 1.54) is 5.56 Å². The molecule has 3 rings (SSSR count). The molecule has 0 saturated carbocycles. The van der Waals surface area contributed by atoms with Crippen LogP contribution in [0.2, 0.25) is 0 Å². The summed E-state index contributed by atoms with van der Waals surface area (Å²) in [4.78, 5) is 12.1. The Morgan fingerprint density at radius 1 is 1.12 bits per heavy atom. The van der Waals surface area contributed by atoms with Gasteiger partial charge in [0.05, 0.1) is 13.2 Å². The molecule has 0 aliphatic carbocycles. The molecule has 1 aliphatic heterocycles. The molecule has 1 unspecified atom stereocenters. The van der Waals surface area contributed by atoms with Crippen molar-refractivity contribution < 1.29 is 14.3 Å². The standard InChI is InChI=1S/C21H26N2O3/c1-2-11-25-15-18-9-4-3-8-17(18)13-22-21(24)23-14-19-12-16-7-5-6-10-20(16)26-19/h3-10,19H,2,11-15H2,1H3,(H2,22,23,24). The number of ether oxygens (including phenoxy) is 2. The maximum atomic E-state index is 12.1. The zero-order chi connectivity index (χ0) is 18.2. The van der Waals surface area contributed by atoms with Crippen LogP contribution in [0.1, 0.15) is 30.0 Å². The second kappa shape index (κ2) is 9.25. The SMILES string of the molecule is CCCOCc1ccccc1CNC(=O)NCC1Cc2ccccc2O1. The van der Waals surface area contributed by atoms with Gasteiger partial charge in [-0.1, -0.05) is 49.4 Å². The summed E-state index contributed by atoms with van der Waals surface area (Å²) in [7, 11) is 0. The van der Waals surface area contributed by atoms with Gasteiger partial charge in [0, 0.05) is 19.6 Å². The van der Waals surface area contributed by atoms with Gasteiger partial charge in [0.15, 0.2) is 0 Å². The minimum Gasteiger partial charge on any atom is -0.488 e. The molecule has 0 bridgehead atoms. The Kier molecular flexibility index (Phi) is 6.50. The van der Waals surface area contributed by atoms with Crippen LogP contribution in [0.4, 0.5) is 4.79 Å². The minimum atomic E-state index is -0.186. The molecular formula is C21H26N2O3. The molecule has 1 heterocycles. The number of hydrogen-bond acceptors (Lipinski definition) is 3. The number of rotatable bonds is 8. The van der Waals surface area contributed by atoms with Gasteiger partial charge in [0.2, 0.25) is 0 Å². The number of carbonyl (C=O) groups excluding carboxylic acids is 1. The van der Waals surface area contributed by atoms with E-state index in [0.29, 0.717) is 19.7 Å². The molecule has 26 heavy (non-hydrogen) atoms. The number of carbonyl (C=O) groups is 1. The van der Waals surface area contributed by atoms with Gasteiger partial charge in [-0.05, 0) is 29.2 Å². The summed E-state index contributed by atoms with van der Waals surface area (Å²) < 4.78 is 11.5. The molecule has 2 amide bonds. The van der Waals surface area contributed by atoms with E-state index in [2.05, 4.69) is 23.6 Å². The van der Waals surface area contributed by atoms with Crippen molar-refractivity contribution >= 4 is 6.03 Å². The van der Waals surface area contributed by atoms with Crippen molar-refractivity contribution in [1.82, 2.24) is 10.6 Å². The van der Waals surface area contributed by atoms with Crippen molar-refractivity contribution in [1.29, 1.82) is 0 Å². The highest BCUT2D eigenvalue weighted by molar-refractivity contribution is 5.73. The van der Waals surface area contributed by atoms with Gasteiger partial charge in [0.25, 0.3) is 0 Å². The number of nitrogens with one attached hydrogen (secondary N) is 2. The highest BCUT2D eigenvalue weighted by atomic mass is 16.5. The molecule has 0 radical (unpaired) electrons. The van der Waals surface area contributed by atoms with Crippen LogP contribution in [0.25, 0.3) is 0 Å². The Labute approximate surface area is 154 Å². The zero-order valence-corrected chi connectivity index (χ0v) is 15.2. The molecule has 1 aliphatic rings. The maximum absolute atomic E-state index is 12.1. The number of benzene rings is 2. The molecule has 0 saturated heterocycles. The van der Waals surface area contributed by atoms with Crippen molar-refractivity contribution in [3.63, 3.8) is 0 Å². The summed E-state index contributed by atoms with van der Waals surface area (Å²) >= 11 is 0. The van der Waals surface area contributed by atoms with Gasteiger partial charge in [-0.15, -0.1) is 0 Å². The average Bonchev–Trinajstić information content (AvgIpc) is 3.09. The number of urea groups is 1. The van der Waals surface area contributed by atoms with Crippen LogP contribution in [0, 0.1) is 0 Å². The summed E-state index contributed by atoms with van der Waals surface area (Å²) in [6.45, 7) is 4.36. The van der Waals surface area contributed by atoms with E-state index in [1.54, 1.807) is 0 Å². The highest BCUT2D eigenvalue weighted by Gasteiger charge is 2.22. The second-order valence-electron chi connectivity index (χ2n) is 6.44. The fourth-order valence-corrected chi connectivity index (χ4v) is 3.01. The lowest BCUT2D eigenvalue weighted by atomic mass is 10.1. The Balaban J connectivity index is 1.42. The normalized spacial score (nSPS) is 15.2. The van der Waals surface area contributed by atoms with E-state index < -0.39 is 0 Å². The van der Waals surface area contributed by atoms with E-state index in [0.717, 1.165) is 36.3 Å². The number of hydrogen-bond donors (Lipinski definition) is 2. The molecule has 0 spiro atoms. The molecule has 2 N–H and O–H groups in total. The van der Waals surface area contributed by atoms with E-state index in [4.69, 9.17) is 9.47 Å². The van der Waals surface area contributed by atoms with Crippen LogP contribution < -0.4 is 15.4 Å². The van der Waals surface area contributed by atoms with Crippen LogP contribution in [-0.4, -0.2) is 25.3 Å². The zero-order valence-electron chi connectivity index (χ0n) is 15.2. The van der Waals surface area contributed by atoms with Crippen molar-refractivity contribution in [2.45, 2.75) is 39.0 Å². The number of amides is 2. The summed E-state index contributed by atoms with van der Waals surface area (Å²) in [5.74, 6) is 0.917. The quantitative estimate of drug-likeness (QED) is 0.714. The van der Waals surface area contributed by atoms with E-state index in [1.807, 2.05) is 42.5 Å². The minimum absolute atomic E-state index is 0.00659. The van der Waals surface area contributed by atoms with E-state index in [9.17, 15) is 4.79 Å².